The molecule has 0 aliphatic heterocycles. The van der Waals surface area contributed by atoms with Crippen LogP contribution in [0.4, 0.5) is 0 Å². The molecular formula is C11H7ClN2OS. The molecule has 3 rings (SSSR count). The standard InChI is InChI=1S/C11H7ClN2OS/c12-10-4-3-9(16-10)7-6-14-5-1-2-8(15)11(14)13-7/h1-6,15H. The van der Waals surface area contributed by atoms with Crippen LogP contribution in [0.3, 0.4) is 0 Å². The van der Waals surface area contributed by atoms with Crippen molar-refractivity contribution in [2.45, 2.75) is 0 Å². The smallest absolute Gasteiger partial charge is 0.180 e. The molecular weight excluding hydrogens is 244 g/mol. The number of nitrogens with zero attached hydrogens (tertiary/aromatic N) is 2. The maximum atomic E-state index is 9.63. The van der Waals surface area contributed by atoms with Crippen LogP contribution in [0, 0.1) is 0 Å². The molecule has 3 heterocycles. The number of aromatic hydroxyl groups is 1. The van der Waals surface area contributed by atoms with E-state index in [2.05, 4.69) is 4.98 Å². The summed E-state index contributed by atoms with van der Waals surface area (Å²) >= 11 is 7.34. The van der Waals surface area contributed by atoms with Crippen molar-refractivity contribution < 1.29 is 5.11 Å². The molecule has 80 valence electrons. The van der Waals surface area contributed by atoms with Gasteiger partial charge in [-0.3, -0.25) is 0 Å². The molecule has 0 bridgehead atoms. The lowest BCUT2D eigenvalue weighted by atomic mass is 10.4. The first-order valence-corrected chi connectivity index (χ1v) is 5.86. The first kappa shape index (κ1) is 9.69. The molecule has 3 aromatic rings. The van der Waals surface area contributed by atoms with Gasteiger partial charge in [-0.25, -0.2) is 4.98 Å². The van der Waals surface area contributed by atoms with Crippen molar-refractivity contribution in [1.29, 1.82) is 0 Å². The van der Waals surface area contributed by atoms with Crippen LogP contribution in [0.25, 0.3) is 16.2 Å². The maximum Gasteiger partial charge on any atom is 0.180 e. The second-order valence-corrected chi connectivity index (χ2v) is 5.07. The summed E-state index contributed by atoms with van der Waals surface area (Å²) in [6, 6.07) is 7.15. The fourth-order valence-electron chi connectivity index (χ4n) is 1.57. The Bertz CT molecular complexity index is 659. The summed E-state index contributed by atoms with van der Waals surface area (Å²) < 4.78 is 2.52. The molecule has 1 N–H and O–H groups in total. The third-order valence-electron chi connectivity index (χ3n) is 2.29. The first-order chi connectivity index (χ1) is 7.74. The number of hydrogen-bond acceptors (Lipinski definition) is 3. The van der Waals surface area contributed by atoms with Crippen molar-refractivity contribution in [3.8, 4) is 16.3 Å². The van der Waals surface area contributed by atoms with Crippen LogP contribution < -0.4 is 0 Å². The van der Waals surface area contributed by atoms with Crippen LogP contribution >= 0.6 is 22.9 Å². The Morgan fingerprint density at radius 1 is 1.31 bits per heavy atom. The van der Waals surface area contributed by atoms with Crippen molar-refractivity contribution in [3.05, 3.63) is 41.0 Å². The Balaban J connectivity index is 2.22. The molecule has 5 heteroatoms. The average Bonchev–Trinajstić information content (AvgIpc) is 2.84. The van der Waals surface area contributed by atoms with Crippen LogP contribution in [-0.4, -0.2) is 14.5 Å². The van der Waals surface area contributed by atoms with E-state index >= 15 is 0 Å². The van der Waals surface area contributed by atoms with E-state index in [0.29, 0.717) is 5.65 Å². The lowest BCUT2D eigenvalue weighted by Gasteiger charge is -1.92. The van der Waals surface area contributed by atoms with Gasteiger partial charge < -0.3 is 9.51 Å². The molecule has 0 aliphatic rings. The van der Waals surface area contributed by atoms with Gasteiger partial charge in [0.1, 0.15) is 0 Å². The van der Waals surface area contributed by atoms with E-state index in [4.69, 9.17) is 11.6 Å². The highest BCUT2D eigenvalue weighted by atomic mass is 35.5. The van der Waals surface area contributed by atoms with E-state index in [1.807, 2.05) is 24.5 Å². The van der Waals surface area contributed by atoms with Gasteiger partial charge in [0.25, 0.3) is 0 Å². The van der Waals surface area contributed by atoms with Crippen LogP contribution in [0.2, 0.25) is 4.34 Å². The second-order valence-electron chi connectivity index (χ2n) is 3.35. The van der Waals surface area contributed by atoms with Gasteiger partial charge in [-0.1, -0.05) is 11.6 Å². The van der Waals surface area contributed by atoms with Gasteiger partial charge in [-0.05, 0) is 24.3 Å². The lowest BCUT2D eigenvalue weighted by molar-refractivity contribution is 0.477. The topological polar surface area (TPSA) is 37.5 Å². The lowest BCUT2D eigenvalue weighted by Crippen LogP contribution is -1.80. The zero-order chi connectivity index (χ0) is 11.1. The van der Waals surface area contributed by atoms with Crippen LogP contribution in [0.5, 0.6) is 5.75 Å². The number of thiophene rings is 1. The minimum Gasteiger partial charge on any atom is -0.504 e. The second kappa shape index (κ2) is 3.50. The van der Waals surface area contributed by atoms with Gasteiger partial charge >= 0.3 is 0 Å². The summed E-state index contributed by atoms with van der Waals surface area (Å²) in [6.07, 6.45) is 3.72. The molecule has 3 aromatic heterocycles. The predicted octanol–water partition coefficient (Wildman–Crippen LogP) is 3.42. The third-order valence-corrected chi connectivity index (χ3v) is 3.54. The SMILES string of the molecule is Oc1cccn2cc(-c3ccc(Cl)s3)nc12. The number of imidazole rings is 1. The van der Waals surface area contributed by atoms with Gasteiger partial charge in [0, 0.05) is 12.4 Å². The molecule has 0 radical (unpaired) electrons. The number of aromatic nitrogens is 2. The van der Waals surface area contributed by atoms with E-state index in [1.54, 1.807) is 16.5 Å². The van der Waals surface area contributed by atoms with Crippen molar-refractivity contribution in [3.63, 3.8) is 0 Å². The van der Waals surface area contributed by atoms with Gasteiger partial charge in [0.15, 0.2) is 11.4 Å². The van der Waals surface area contributed by atoms with E-state index in [0.717, 1.165) is 14.9 Å². The Morgan fingerprint density at radius 3 is 2.88 bits per heavy atom. The minimum absolute atomic E-state index is 0.177. The number of pyridine rings is 1. The first-order valence-electron chi connectivity index (χ1n) is 4.66. The van der Waals surface area contributed by atoms with Crippen molar-refractivity contribution in [1.82, 2.24) is 9.38 Å². The molecule has 0 unspecified atom stereocenters. The average molecular weight is 251 g/mol. The fraction of sp³-hybridized carbons (Fsp3) is 0. The van der Waals surface area contributed by atoms with Crippen LogP contribution in [0.15, 0.2) is 36.7 Å². The molecule has 0 saturated carbocycles. The molecule has 0 aliphatic carbocycles. The highest BCUT2D eigenvalue weighted by Gasteiger charge is 2.08. The summed E-state index contributed by atoms with van der Waals surface area (Å²) in [5, 5.41) is 9.63. The third kappa shape index (κ3) is 1.47. The van der Waals surface area contributed by atoms with Crippen LogP contribution in [-0.2, 0) is 0 Å². The van der Waals surface area contributed by atoms with Gasteiger partial charge in [-0.2, -0.15) is 0 Å². The highest BCUT2D eigenvalue weighted by Crippen LogP contribution is 2.31. The number of rotatable bonds is 1. The summed E-state index contributed by atoms with van der Waals surface area (Å²) in [5.41, 5.74) is 1.38. The Labute approximate surface area is 101 Å². The van der Waals surface area contributed by atoms with Gasteiger partial charge in [0.2, 0.25) is 0 Å². The zero-order valence-electron chi connectivity index (χ0n) is 8.09. The molecule has 3 nitrogen and oxygen atoms in total. The summed E-state index contributed by atoms with van der Waals surface area (Å²) in [6.45, 7) is 0. The van der Waals surface area contributed by atoms with Crippen molar-refractivity contribution >= 4 is 28.6 Å². The quantitative estimate of drug-likeness (QED) is 0.719. The molecule has 0 fully saturated rings. The Hall–Kier alpha value is -1.52. The monoisotopic (exact) mass is 250 g/mol. The van der Waals surface area contributed by atoms with Gasteiger partial charge in [0.05, 0.1) is 14.9 Å². The summed E-state index contributed by atoms with van der Waals surface area (Å²) in [5.74, 6) is 0.177. The molecule has 0 aromatic carbocycles. The van der Waals surface area contributed by atoms with E-state index in [9.17, 15) is 5.11 Å². The summed E-state index contributed by atoms with van der Waals surface area (Å²) in [7, 11) is 0. The normalized spacial score (nSPS) is 11.1. The molecule has 0 atom stereocenters. The summed E-state index contributed by atoms with van der Waals surface area (Å²) in [4.78, 5) is 5.35. The minimum atomic E-state index is 0.177. The number of halogens is 1. The van der Waals surface area contributed by atoms with Crippen LogP contribution in [0.1, 0.15) is 0 Å². The van der Waals surface area contributed by atoms with Crippen molar-refractivity contribution in [2.75, 3.05) is 0 Å². The highest BCUT2D eigenvalue weighted by molar-refractivity contribution is 7.19. The molecule has 0 spiro atoms. The van der Waals surface area contributed by atoms with E-state index in [-0.39, 0.29) is 5.75 Å². The predicted molar refractivity (Wildman–Crippen MR) is 65.2 cm³/mol. The largest absolute Gasteiger partial charge is 0.504 e. The Morgan fingerprint density at radius 2 is 2.19 bits per heavy atom. The van der Waals surface area contributed by atoms with Gasteiger partial charge in [-0.15, -0.1) is 11.3 Å². The number of hydrogen-bond donors (Lipinski definition) is 1. The van der Waals surface area contributed by atoms with Crippen molar-refractivity contribution in [2.24, 2.45) is 0 Å². The Kier molecular flexibility index (Phi) is 2.12. The zero-order valence-corrected chi connectivity index (χ0v) is 9.66. The molecule has 0 amide bonds. The maximum absolute atomic E-state index is 9.63. The van der Waals surface area contributed by atoms with E-state index < -0.39 is 0 Å². The van der Waals surface area contributed by atoms with E-state index in [1.165, 1.54) is 11.3 Å². The fourth-order valence-corrected chi connectivity index (χ4v) is 2.57. The number of fused-ring (bicyclic) bond motifs is 1. The molecule has 16 heavy (non-hydrogen) atoms. The molecule has 0 saturated heterocycles.